The van der Waals surface area contributed by atoms with Gasteiger partial charge in [-0.15, -0.1) is 24.0 Å². The van der Waals surface area contributed by atoms with Crippen LogP contribution in [0.25, 0.3) is 0 Å². The van der Waals surface area contributed by atoms with E-state index in [1.54, 1.807) is 11.8 Å². The number of methoxy groups -OCH3 is 1. The number of hydrogen-bond donors (Lipinski definition) is 2. The van der Waals surface area contributed by atoms with E-state index in [9.17, 15) is 0 Å². The van der Waals surface area contributed by atoms with E-state index in [-0.39, 0.29) is 24.0 Å². The predicted molar refractivity (Wildman–Crippen MR) is 92.8 cm³/mol. The second-order valence-electron chi connectivity index (χ2n) is 4.39. The molecular weight excluding hydrogens is 369 g/mol. The van der Waals surface area contributed by atoms with Crippen LogP contribution in [0.4, 0.5) is 0 Å². The number of nitrogens with zero attached hydrogens (tertiary/aromatic N) is 3. The summed E-state index contributed by atoms with van der Waals surface area (Å²) in [7, 11) is 3.51. The van der Waals surface area contributed by atoms with Gasteiger partial charge in [0.25, 0.3) is 0 Å². The smallest absolute Gasteiger partial charge is 0.216 e. The summed E-state index contributed by atoms with van der Waals surface area (Å²) in [5, 5.41) is 7.51. The molecule has 1 rings (SSSR count). The fourth-order valence-electron chi connectivity index (χ4n) is 1.92. The Kier molecular flexibility index (Phi) is 9.35. The predicted octanol–water partition coefficient (Wildman–Crippen LogP) is 1.81. The van der Waals surface area contributed by atoms with Gasteiger partial charge in [0.2, 0.25) is 5.88 Å². The lowest BCUT2D eigenvalue weighted by atomic mass is 10.2. The van der Waals surface area contributed by atoms with Crippen LogP contribution in [-0.4, -0.2) is 29.4 Å². The number of nitrogens with one attached hydrogen (secondary N) is 1. The second-order valence-corrected chi connectivity index (χ2v) is 4.39. The number of guanidine groups is 1. The van der Waals surface area contributed by atoms with Crippen molar-refractivity contribution in [2.45, 2.75) is 39.7 Å². The molecule has 0 atom stereocenters. The monoisotopic (exact) mass is 395 g/mol. The summed E-state index contributed by atoms with van der Waals surface area (Å²) >= 11 is 0. The molecule has 0 amide bonds. The topological polar surface area (TPSA) is 77.5 Å². The zero-order valence-electron chi connectivity index (χ0n) is 12.8. The molecule has 0 unspecified atom stereocenters. The molecule has 0 saturated heterocycles. The third-order valence-electron chi connectivity index (χ3n) is 2.94. The maximum absolute atomic E-state index is 5.82. The molecule has 0 fully saturated rings. The molecular formula is C13H26IN5O. The summed E-state index contributed by atoms with van der Waals surface area (Å²) in [6.07, 6.45) is 3.08. The molecule has 6 nitrogen and oxygen atoms in total. The molecule has 0 aromatic carbocycles. The van der Waals surface area contributed by atoms with Gasteiger partial charge in [-0.3, -0.25) is 0 Å². The van der Waals surface area contributed by atoms with Gasteiger partial charge < -0.3 is 15.8 Å². The summed E-state index contributed by atoms with van der Waals surface area (Å²) in [6.45, 7) is 5.56. The van der Waals surface area contributed by atoms with Crippen molar-refractivity contribution in [3.05, 3.63) is 11.3 Å². The Hall–Kier alpha value is -0.990. The van der Waals surface area contributed by atoms with Crippen molar-refractivity contribution >= 4 is 29.9 Å². The van der Waals surface area contributed by atoms with Gasteiger partial charge in [-0.2, -0.15) is 5.10 Å². The fourth-order valence-corrected chi connectivity index (χ4v) is 1.92. The SMILES string of the molecule is CCCCNC(N)=NCc1c(CC)nn(C)c1OC.I. The quantitative estimate of drug-likeness (QED) is 0.320. The lowest BCUT2D eigenvalue weighted by Crippen LogP contribution is -2.32. The largest absolute Gasteiger partial charge is 0.481 e. The second kappa shape index (κ2) is 9.84. The molecule has 0 aliphatic rings. The van der Waals surface area contributed by atoms with Crippen molar-refractivity contribution in [2.24, 2.45) is 17.8 Å². The standard InChI is InChI=1S/C13H25N5O.HI/c1-5-7-8-15-13(14)16-9-10-11(6-2)17-18(3)12(10)19-4;/h5-9H2,1-4H3,(H3,14,15,16);1H. The first-order valence-corrected chi connectivity index (χ1v) is 6.76. The molecule has 7 heteroatoms. The van der Waals surface area contributed by atoms with Gasteiger partial charge in [0.15, 0.2) is 5.96 Å². The number of aromatic nitrogens is 2. The van der Waals surface area contributed by atoms with Crippen molar-refractivity contribution in [3.63, 3.8) is 0 Å². The molecule has 0 saturated carbocycles. The van der Waals surface area contributed by atoms with Crippen LogP contribution in [0.3, 0.4) is 0 Å². The number of ether oxygens (including phenoxy) is 1. The lowest BCUT2D eigenvalue weighted by molar-refractivity contribution is 0.369. The molecule has 0 aliphatic carbocycles. The molecule has 116 valence electrons. The summed E-state index contributed by atoms with van der Waals surface area (Å²) in [5.74, 6) is 1.23. The highest BCUT2D eigenvalue weighted by Gasteiger charge is 2.14. The first-order valence-electron chi connectivity index (χ1n) is 6.76. The van der Waals surface area contributed by atoms with Crippen molar-refractivity contribution in [1.29, 1.82) is 0 Å². The number of rotatable bonds is 7. The average molecular weight is 395 g/mol. The number of aliphatic imine (C=N–C) groups is 1. The van der Waals surface area contributed by atoms with Gasteiger partial charge >= 0.3 is 0 Å². The van der Waals surface area contributed by atoms with Crippen LogP contribution >= 0.6 is 24.0 Å². The normalized spacial score (nSPS) is 11.1. The van der Waals surface area contributed by atoms with Gasteiger partial charge in [-0.05, 0) is 12.8 Å². The Balaban J connectivity index is 0.00000361. The number of hydrogen-bond acceptors (Lipinski definition) is 3. The average Bonchev–Trinajstić information content (AvgIpc) is 2.72. The van der Waals surface area contributed by atoms with Crippen LogP contribution in [0.15, 0.2) is 4.99 Å². The fraction of sp³-hybridized carbons (Fsp3) is 0.692. The summed E-state index contributed by atoms with van der Waals surface area (Å²) in [5.41, 5.74) is 7.83. The molecule has 3 N–H and O–H groups in total. The summed E-state index contributed by atoms with van der Waals surface area (Å²) in [6, 6.07) is 0. The minimum atomic E-state index is 0. The van der Waals surface area contributed by atoms with E-state index < -0.39 is 0 Å². The van der Waals surface area contributed by atoms with Gasteiger partial charge in [0.05, 0.1) is 24.9 Å². The summed E-state index contributed by atoms with van der Waals surface area (Å²) in [4.78, 5) is 4.35. The highest BCUT2D eigenvalue weighted by Crippen LogP contribution is 2.22. The number of unbranched alkanes of at least 4 members (excludes halogenated alkanes) is 1. The molecule has 0 aliphatic heterocycles. The Morgan fingerprint density at radius 2 is 2.15 bits per heavy atom. The minimum Gasteiger partial charge on any atom is -0.481 e. The summed E-state index contributed by atoms with van der Waals surface area (Å²) < 4.78 is 7.10. The van der Waals surface area contributed by atoms with Crippen molar-refractivity contribution in [2.75, 3.05) is 13.7 Å². The van der Waals surface area contributed by atoms with Gasteiger partial charge in [-0.1, -0.05) is 20.3 Å². The van der Waals surface area contributed by atoms with E-state index in [0.717, 1.165) is 42.9 Å². The van der Waals surface area contributed by atoms with E-state index in [1.807, 2.05) is 7.05 Å². The van der Waals surface area contributed by atoms with E-state index in [2.05, 4.69) is 29.3 Å². The zero-order chi connectivity index (χ0) is 14.3. The van der Waals surface area contributed by atoms with Crippen LogP contribution in [0, 0.1) is 0 Å². The van der Waals surface area contributed by atoms with E-state index in [0.29, 0.717) is 12.5 Å². The molecule has 0 bridgehead atoms. The molecule has 20 heavy (non-hydrogen) atoms. The molecule has 1 aromatic heterocycles. The van der Waals surface area contributed by atoms with Crippen molar-refractivity contribution < 1.29 is 4.74 Å². The van der Waals surface area contributed by atoms with Crippen LogP contribution in [0.1, 0.15) is 37.9 Å². The molecule has 1 aromatic rings. The Labute approximate surface area is 138 Å². The maximum Gasteiger partial charge on any atom is 0.216 e. The number of nitrogens with two attached hydrogens (primary N) is 1. The van der Waals surface area contributed by atoms with Gasteiger partial charge in [0.1, 0.15) is 0 Å². The van der Waals surface area contributed by atoms with Gasteiger partial charge in [0, 0.05) is 13.6 Å². The zero-order valence-corrected chi connectivity index (χ0v) is 15.1. The van der Waals surface area contributed by atoms with Crippen LogP contribution < -0.4 is 15.8 Å². The van der Waals surface area contributed by atoms with Crippen LogP contribution in [0.5, 0.6) is 5.88 Å². The highest BCUT2D eigenvalue weighted by molar-refractivity contribution is 14.0. The van der Waals surface area contributed by atoms with Crippen LogP contribution in [0.2, 0.25) is 0 Å². The molecule has 1 heterocycles. The Morgan fingerprint density at radius 1 is 1.45 bits per heavy atom. The van der Waals surface area contributed by atoms with Gasteiger partial charge in [-0.25, -0.2) is 9.67 Å². The van der Waals surface area contributed by atoms with Crippen molar-refractivity contribution in [1.82, 2.24) is 15.1 Å². The van der Waals surface area contributed by atoms with Crippen LogP contribution in [-0.2, 0) is 20.0 Å². The number of aryl methyl sites for hydroxylation is 2. The third kappa shape index (κ3) is 5.18. The lowest BCUT2D eigenvalue weighted by Gasteiger charge is -2.06. The number of halogens is 1. The first kappa shape index (κ1) is 19.0. The van der Waals surface area contributed by atoms with E-state index >= 15 is 0 Å². The Bertz CT molecular complexity index is 431. The minimum absolute atomic E-state index is 0. The molecule has 0 spiro atoms. The third-order valence-corrected chi connectivity index (χ3v) is 2.94. The van der Waals surface area contributed by atoms with E-state index in [4.69, 9.17) is 10.5 Å². The first-order chi connectivity index (χ1) is 9.13. The Morgan fingerprint density at radius 3 is 2.70 bits per heavy atom. The van der Waals surface area contributed by atoms with Crippen molar-refractivity contribution in [3.8, 4) is 5.88 Å². The van der Waals surface area contributed by atoms with E-state index in [1.165, 1.54) is 0 Å². The molecule has 0 radical (unpaired) electrons. The highest BCUT2D eigenvalue weighted by atomic mass is 127. The maximum atomic E-state index is 5.82.